The van der Waals surface area contributed by atoms with Crippen molar-refractivity contribution in [1.29, 1.82) is 0 Å². The van der Waals surface area contributed by atoms with E-state index < -0.39 is 0 Å². The number of nitrogens with zero attached hydrogens (tertiary/aromatic N) is 1. The summed E-state index contributed by atoms with van der Waals surface area (Å²) < 4.78 is 0. The van der Waals surface area contributed by atoms with Gasteiger partial charge in [-0.05, 0) is 33.8 Å². The Morgan fingerprint density at radius 3 is 2.67 bits per heavy atom. The highest BCUT2D eigenvalue weighted by molar-refractivity contribution is 8.17. The van der Waals surface area contributed by atoms with Crippen LogP contribution in [0.1, 0.15) is 27.7 Å². The minimum Gasteiger partial charge on any atom is -0.275 e. The molecule has 1 unspecified atom stereocenters. The third kappa shape index (κ3) is 2.24. The average molecular weight is 181 g/mol. The summed E-state index contributed by atoms with van der Waals surface area (Å²) in [7, 11) is 0. The summed E-state index contributed by atoms with van der Waals surface area (Å²) >= 11 is 1.79. The summed E-state index contributed by atoms with van der Waals surface area (Å²) in [5.74, 6) is 0. The smallest absolute Gasteiger partial charge is 0.0792 e. The molecule has 12 heavy (non-hydrogen) atoms. The fourth-order valence-corrected chi connectivity index (χ4v) is 2.10. The summed E-state index contributed by atoms with van der Waals surface area (Å²) in [6.45, 7) is 8.38. The van der Waals surface area contributed by atoms with Gasteiger partial charge in [0.05, 0.1) is 11.1 Å². The van der Waals surface area contributed by atoms with Gasteiger partial charge in [0.25, 0.3) is 0 Å². The Morgan fingerprint density at radius 2 is 2.25 bits per heavy atom. The van der Waals surface area contributed by atoms with Crippen LogP contribution in [-0.2, 0) is 0 Å². The molecule has 0 bridgehead atoms. The maximum atomic E-state index is 4.44. The molecule has 0 saturated heterocycles. The average Bonchev–Trinajstić information content (AvgIpc) is 2.30. The van der Waals surface area contributed by atoms with Crippen LogP contribution in [0.2, 0.25) is 0 Å². The van der Waals surface area contributed by atoms with Crippen molar-refractivity contribution in [3.05, 3.63) is 22.6 Å². The van der Waals surface area contributed by atoms with E-state index in [4.69, 9.17) is 0 Å². The second-order valence-corrected chi connectivity index (χ2v) is 4.27. The van der Waals surface area contributed by atoms with Gasteiger partial charge in [-0.1, -0.05) is 23.4 Å². The highest BCUT2D eigenvalue weighted by Crippen LogP contribution is 2.31. The lowest BCUT2D eigenvalue weighted by atomic mass is 10.2. The molecule has 1 nitrogen and oxygen atoms in total. The number of hydrogen-bond donors (Lipinski definition) is 0. The summed E-state index contributed by atoms with van der Waals surface area (Å²) in [6.07, 6.45) is 4.34. The van der Waals surface area contributed by atoms with Crippen LogP contribution in [0.15, 0.2) is 27.6 Å². The first-order chi connectivity index (χ1) is 5.63. The molecule has 1 aliphatic heterocycles. The zero-order chi connectivity index (χ0) is 9.14. The number of allylic oxidation sites excluding steroid dienone is 3. The Labute approximate surface area is 78.7 Å². The second-order valence-electron chi connectivity index (χ2n) is 3.01. The van der Waals surface area contributed by atoms with Crippen LogP contribution in [0.5, 0.6) is 0 Å². The SMILES string of the molecule is CC=C(C)C=C1SC(C)=NC1C. The van der Waals surface area contributed by atoms with E-state index in [0.29, 0.717) is 6.04 Å². The lowest BCUT2D eigenvalue weighted by Crippen LogP contribution is -1.93. The molecule has 0 saturated carbocycles. The van der Waals surface area contributed by atoms with E-state index in [0.717, 1.165) is 0 Å². The Hall–Kier alpha value is -0.500. The first-order valence-corrected chi connectivity index (χ1v) is 5.02. The van der Waals surface area contributed by atoms with Crippen LogP contribution >= 0.6 is 11.8 Å². The molecule has 1 aliphatic rings. The van der Waals surface area contributed by atoms with E-state index in [9.17, 15) is 0 Å². The van der Waals surface area contributed by atoms with E-state index in [1.54, 1.807) is 11.8 Å². The van der Waals surface area contributed by atoms with Crippen molar-refractivity contribution >= 4 is 16.8 Å². The van der Waals surface area contributed by atoms with E-state index >= 15 is 0 Å². The number of thioether (sulfide) groups is 1. The minimum atomic E-state index is 0.366. The van der Waals surface area contributed by atoms with Gasteiger partial charge in [-0.25, -0.2) is 0 Å². The van der Waals surface area contributed by atoms with Crippen LogP contribution in [0.25, 0.3) is 0 Å². The van der Waals surface area contributed by atoms with Crippen LogP contribution < -0.4 is 0 Å². The van der Waals surface area contributed by atoms with Crippen LogP contribution in [-0.4, -0.2) is 11.1 Å². The molecule has 0 amide bonds. The van der Waals surface area contributed by atoms with Gasteiger partial charge in [0.2, 0.25) is 0 Å². The molecular weight excluding hydrogens is 166 g/mol. The van der Waals surface area contributed by atoms with Gasteiger partial charge in [0, 0.05) is 4.91 Å². The van der Waals surface area contributed by atoms with E-state index in [1.807, 2.05) is 0 Å². The zero-order valence-corrected chi connectivity index (χ0v) is 8.90. The number of hydrogen-bond acceptors (Lipinski definition) is 2. The maximum absolute atomic E-state index is 4.44. The quantitative estimate of drug-likeness (QED) is 0.604. The number of aliphatic imine (C=N–C) groups is 1. The predicted molar refractivity (Wildman–Crippen MR) is 57.7 cm³/mol. The van der Waals surface area contributed by atoms with Crippen molar-refractivity contribution in [3.63, 3.8) is 0 Å². The standard InChI is InChI=1S/C10H15NS/c1-5-7(2)6-10-8(3)11-9(4)12-10/h5-6,8H,1-4H3. The second kappa shape index (κ2) is 3.94. The first kappa shape index (κ1) is 9.59. The molecule has 0 spiro atoms. The molecule has 0 aromatic rings. The minimum absolute atomic E-state index is 0.366. The van der Waals surface area contributed by atoms with E-state index in [-0.39, 0.29) is 0 Å². The molecule has 0 radical (unpaired) electrons. The van der Waals surface area contributed by atoms with E-state index in [2.05, 4.69) is 44.8 Å². The summed E-state index contributed by atoms with van der Waals surface area (Å²) in [6, 6.07) is 0.366. The van der Waals surface area contributed by atoms with Gasteiger partial charge in [0.15, 0.2) is 0 Å². The lowest BCUT2D eigenvalue weighted by molar-refractivity contribution is 0.924. The van der Waals surface area contributed by atoms with Crippen molar-refractivity contribution in [2.24, 2.45) is 4.99 Å². The third-order valence-electron chi connectivity index (χ3n) is 1.88. The van der Waals surface area contributed by atoms with Crippen LogP contribution in [0.4, 0.5) is 0 Å². The van der Waals surface area contributed by atoms with Gasteiger partial charge >= 0.3 is 0 Å². The molecule has 0 aliphatic carbocycles. The fraction of sp³-hybridized carbons (Fsp3) is 0.500. The molecule has 0 aromatic carbocycles. The van der Waals surface area contributed by atoms with Crippen molar-refractivity contribution in [2.75, 3.05) is 0 Å². The molecule has 1 atom stereocenters. The summed E-state index contributed by atoms with van der Waals surface area (Å²) in [5, 5.41) is 1.18. The Balaban J connectivity index is 2.75. The molecule has 0 N–H and O–H groups in total. The normalized spacial score (nSPS) is 28.0. The van der Waals surface area contributed by atoms with Crippen LogP contribution in [0, 0.1) is 0 Å². The molecule has 1 heterocycles. The monoisotopic (exact) mass is 181 g/mol. The van der Waals surface area contributed by atoms with Gasteiger partial charge < -0.3 is 0 Å². The van der Waals surface area contributed by atoms with Crippen molar-refractivity contribution in [3.8, 4) is 0 Å². The lowest BCUT2D eigenvalue weighted by Gasteiger charge is -2.00. The molecule has 66 valence electrons. The maximum Gasteiger partial charge on any atom is 0.0792 e. The van der Waals surface area contributed by atoms with Crippen molar-refractivity contribution < 1.29 is 0 Å². The van der Waals surface area contributed by atoms with Crippen molar-refractivity contribution in [1.82, 2.24) is 0 Å². The Bertz CT molecular complexity index is 261. The largest absolute Gasteiger partial charge is 0.275 e. The molecular formula is C10H15NS. The molecule has 0 fully saturated rings. The number of rotatable bonds is 1. The summed E-state index contributed by atoms with van der Waals surface area (Å²) in [5.41, 5.74) is 1.31. The van der Waals surface area contributed by atoms with Gasteiger partial charge in [0.1, 0.15) is 0 Å². The first-order valence-electron chi connectivity index (χ1n) is 4.20. The molecule has 1 rings (SSSR count). The summed E-state index contributed by atoms with van der Waals surface area (Å²) in [4.78, 5) is 5.81. The fourth-order valence-electron chi connectivity index (χ4n) is 1.08. The van der Waals surface area contributed by atoms with Crippen molar-refractivity contribution in [2.45, 2.75) is 33.7 Å². The highest BCUT2D eigenvalue weighted by Gasteiger charge is 2.16. The predicted octanol–water partition coefficient (Wildman–Crippen LogP) is 3.39. The van der Waals surface area contributed by atoms with E-state index in [1.165, 1.54) is 15.5 Å². The molecule has 2 heteroatoms. The van der Waals surface area contributed by atoms with Gasteiger partial charge in [-0.3, -0.25) is 4.99 Å². The Kier molecular flexibility index (Phi) is 3.15. The Morgan fingerprint density at radius 1 is 1.58 bits per heavy atom. The topological polar surface area (TPSA) is 12.4 Å². The molecule has 0 aromatic heterocycles. The van der Waals surface area contributed by atoms with Gasteiger partial charge in [-0.2, -0.15) is 0 Å². The van der Waals surface area contributed by atoms with Crippen LogP contribution in [0.3, 0.4) is 0 Å². The zero-order valence-electron chi connectivity index (χ0n) is 8.09. The third-order valence-corrected chi connectivity index (χ3v) is 2.97. The highest BCUT2D eigenvalue weighted by atomic mass is 32.2. The van der Waals surface area contributed by atoms with Gasteiger partial charge in [-0.15, -0.1) is 0 Å².